The molecule has 3 heteroatoms. The molecule has 0 aromatic heterocycles. The maximum Gasteiger partial charge on any atom is 0.115 e. The van der Waals surface area contributed by atoms with Gasteiger partial charge in [-0.2, -0.15) is 11.8 Å². The molecule has 0 fully saturated rings. The number of rotatable bonds is 6. The number of hydrogen-bond acceptors (Lipinski definition) is 3. The summed E-state index contributed by atoms with van der Waals surface area (Å²) < 4.78 is 0. The molecular weight excluding hydrogens is 208 g/mol. The Hall–Kier alpha value is -0.670. The van der Waals surface area contributed by atoms with Crippen LogP contribution < -0.4 is 0 Å². The van der Waals surface area contributed by atoms with Crippen LogP contribution >= 0.6 is 11.8 Å². The molecule has 84 valence electrons. The van der Waals surface area contributed by atoms with Crippen molar-refractivity contribution in [3.05, 3.63) is 29.8 Å². The molecule has 2 nitrogen and oxygen atoms in total. The molecule has 0 saturated carbocycles. The molecule has 0 aliphatic carbocycles. The van der Waals surface area contributed by atoms with Crippen molar-refractivity contribution >= 4 is 11.8 Å². The molecule has 0 amide bonds. The lowest BCUT2D eigenvalue weighted by Gasteiger charge is -2.10. The van der Waals surface area contributed by atoms with Gasteiger partial charge in [0.05, 0.1) is 6.10 Å². The highest BCUT2D eigenvalue weighted by Gasteiger charge is 2.05. The molecule has 1 aromatic rings. The van der Waals surface area contributed by atoms with Crippen LogP contribution in [-0.4, -0.2) is 27.8 Å². The fourth-order valence-electron chi connectivity index (χ4n) is 1.38. The molecule has 1 atom stereocenters. The first kappa shape index (κ1) is 12.4. The van der Waals surface area contributed by atoms with Crippen LogP contribution in [0.1, 0.15) is 18.9 Å². The normalized spacial score (nSPS) is 12.7. The molecule has 0 bridgehead atoms. The van der Waals surface area contributed by atoms with Crippen molar-refractivity contribution in [2.24, 2.45) is 0 Å². The number of phenols is 1. The minimum Gasteiger partial charge on any atom is -0.508 e. The van der Waals surface area contributed by atoms with E-state index in [9.17, 15) is 10.2 Å². The van der Waals surface area contributed by atoms with E-state index in [-0.39, 0.29) is 11.9 Å². The average molecular weight is 226 g/mol. The third kappa shape index (κ3) is 5.09. The van der Waals surface area contributed by atoms with Gasteiger partial charge < -0.3 is 10.2 Å². The minimum absolute atomic E-state index is 0.265. The van der Waals surface area contributed by atoms with E-state index in [1.807, 2.05) is 6.07 Å². The SMILES string of the molecule is CCCSCC(O)Cc1cccc(O)c1. The standard InChI is InChI=1S/C12H18O2S/c1-2-6-15-9-12(14)8-10-4-3-5-11(13)7-10/h3-5,7,12-14H,2,6,8-9H2,1H3. The van der Waals surface area contributed by atoms with Crippen molar-refractivity contribution in [1.82, 2.24) is 0 Å². The van der Waals surface area contributed by atoms with E-state index in [0.717, 1.165) is 23.5 Å². The molecule has 15 heavy (non-hydrogen) atoms. The summed E-state index contributed by atoms with van der Waals surface area (Å²) in [5.74, 6) is 2.13. The second-order valence-electron chi connectivity index (χ2n) is 3.60. The molecule has 1 aromatic carbocycles. The van der Waals surface area contributed by atoms with Crippen LogP contribution in [0.2, 0.25) is 0 Å². The third-order valence-electron chi connectivity index (χ3n) is 2.04. The summed E-state index contributed by atoms with van der Waals surface area (Å²) >= 11 is 1.77. The van der Waals surface area contributed by atoms with Gasteiger partial charge in [0, 0.05) is 5.75 Å². The van der Waals surface area contributed by atoms with Gasteiger partial charge in [-0.1, -0.05) is 19.1 Å². The number of aliphatic hydroxyl groups excluding tert-OH is 1. The highest BCUT2D eigenvalue weighted by Crippen LogP contribution is 2.14. The zero-order chi connectivity index (χ0) is 11.1. The van der Waals surface area contributed by atoms with Crippen molar-refractivity contribution in [2.45, 2.75) is 25.9 Å². The lowest BCUT2D eigenvalue weighted by Crippen LogP contribution is -2.13. The van der Waals surface area contributed by atoms with Crippen LogP contribution in [0.4, 0.5) is 0 Å². The largest absolute Gasteiger partial charge is 0.508 e. The van der Waals surface area contributed by atoms with Crippen LogP contribution in [0.15, 0.2) is 24.3 Å². The number of phenolic OH excluding ortho intramolecular Hbond substituents is 1. The summed E-state index contributed by atoms with van der Waals surface area (Å²) in [4.78, 5) is 0. The zero-order valence-electron chi connectivity index (χ0n) is 9.02. The van der Waals surface area contributed by atoms with Gasteiger partial charge in [-0.3, -0.25) is 0 Å². The third-order valence-corrected chi connectivity index (χ3v) is 3.36. The Morgan fingerprint density at radius 3 is 2.87 bits per heavy atom. The minimum atomic E-state index is -0.316. The van der Waals surface area contributed by atoms with Gasteiger partial charge in [-0.05, 0) is 36.3 Å². The topological polar surface area (TPSA) is 40.5 Å². The number of thioether (sulfide) groups is 1. The van der Waals surface area contributed by atoms with Gasteiger partial charge in [0.15, 0.2) is 0 Å². The fourth-order valence-corrected chi connectivity index (χ4v) is 2.22. The van der Waals surface area contributed by atoms with E-state index >= 15 is 0 Å². The number of benzene rings is 1. The molecule has 0 aliphatic heterocycles. The second-order valence-corrected chi connectivity index (χ2v) is 4.75. The summed E-state index contributed by atoms with van der Waals surface area (Å²) in [5.41, 5.74) is 0.986. The summed E-state index contributed by atoms with van der Waals surface area (Å²) in [6.07, 6.45) is 1.44. The maximum atomic E-state index is 9.72. The lowest BCUT2D eigenvalue weighted by molar-refractivity contribution is 0.200. The van der Waals surface area contributed by atoms with Crippen molar-refractivity contribution < 1.29 is 10.2 Å². The summed E-state index contributed by atoms with van der Waals surface area (Å²) in [6.45, 7) is 2.13. The first-order valence-electron chi connectivity index (χ1n) is 5.26. The van der Waals surface area contributed by atoms with Crippen LogP contribution in [-0.2, 0) is 6.42 Å². The van der Waals surface area contributed by atoms with Crippen molar-refractivity contribution in [1.29, 1.82) is 0 Å². The molecule has 0 saturated heterocycles. The predicted molar refractivity (Wildman–Crippen MR) is 65.4 cm³/mol. The Labute approximate surface area is 95.3 Å². The second kappa shape index (κ2) is 6.75. The molecule has 1 rings (SSSR count). The van der Waals surface area contributed by atoms with Crippen LogP contribution in [0.3, 0.4) is 0 Å². The Morgan fingerprint density at radius 1 is 1.40 bits per heavy atom. The van der Waals surface area contributed by atoms with Crippen molar-refractivity contribution in [2.75, 3.05) is 11.5 Å². The van der Waals surface area contributed by atoms with Crippen LogP contribution in [0, 0.1) is 0 Å². The Morgan fingerprint density at radius 2 is 2.20 bits per heavy atom. The molecule has 0 heterocycles. The molecule has 0 aliphatic rings. The molecule has 2 N–H and O–H groups in total. The predicted octanol–water partition coefficient (Wildman–Crippen LogP) is 2.44. The smallest absolute Gasteiger partial charge is 0.115 e. The van der Waals surface area contributed by atoms with Gasteiger partial charge in [-0.15, -0.1) is 0 Å². The Bertz CT molecular complexity index is 289. The highest BCUT2D eigenvalue weighted by molar-refractivity contribution is 7.99. The molecule has 0 radical (unpaired) electrons. The highest BCUT2D eigenvalue weighted by atomic mass is 32.2. The first-order chi connectivity index (χ1) is 7.22. The Kier molecular flexibility index (Phi) is 5.58. The van der Waals surface area contributed by atoms with Gasteiger partial charge in [-0.25, -0.2) is 0 Å². The molecule has 1 unspecified atom stereocenters. The summed E-state index contributed by atoms with van der Waals surface area (Å²) in [6, 6.07) is 7.07. The van der Waals surface area contributed by atoms with Crippen LogP contribution in [0.5, 0.6) is 5.75 Å². The van der Waals surface area contributed by atoms with E-state index in [4.69, 9.17) is 0 Å². The van der Waals surface area contributed by atoms with E-state index in [2.05, 4.69) is 6.92 Å². The van der Waals surface area contributed by atoms with Gasteiger partial charge in [0.2, 0.25) is 0 Å². The number of aliphatic hydroxyl groups is 1. The van der Waals surface area contributed by atoms with E-state index in [0.29, 0.717) is 6.42 Å². The van der Waals surface area contributed by atoms with Crippen molar-refractivity contribution in [3.8, 4) is 5.75 Å². The maximum absolute atomic E-state index is 9.72. The summed E-state index contributed by atoms with van der Waals surface area (Å²) in [7, 11) is 0. The Balaban J connectivity index is 2.34. The van der Waals surface area contributed by atoms with E-state index in [1.54, 1.807) is 30.0 Å². The first-order valence-corrected chi connectivity index (χ1v) is 6.41. The quantitative estimate of drug-likeness (QED) is 0.732. The number of hydrogen-bond donors (Lipinski definition) is 2. The van der Waals surface area contributed by atoms with Gasteiger partial charge in [0.1, 0.15) is 5.75 Å². The monoisotopic (exact) mass is 226 g/mol. The fraction of sp³-hybridized carbons (Fsp3) is 0.500. The van der Waals surface area contributed by atoms with E-state index in [1.165, 1.54) is 0 Å². The average Bonchev–Trinajstić information content (AvgIpc) is 2.18. The number of aromatic hydroxyl groups is 1. The van der Waals surface area contributed by atoms with E-state index < -0.39 is 0 Å². The van der Waals surface area contributed by atoms with Gasteiger partial charge in [0.25, 0.3) is 0 Å². The molecular formula is C12H18O2S. The van der Waals surface area contributed by atoms with Crippen molar-refractivity contribution in [3.63, 3.8) is 0 Å². The molecule has 0 spiro atoms. The van der Waals surface area contributed by atoms with Crippen LogP contribution in [0.25, 0.3) is 0 Å². The van der Waals surface area contributed by atoms with Gasteiger partial charge >= 0.3 is 0 Å². The summed E-state index contributed by atoms with van der Waals surface area (Å²) in [5, 5.41) is 19.0. The zero-order valence-corrected chi connectivity index (χ0v) is 9.83. The lowest BCUT2D eigenvalue weighted by atomic mass is 10.1.